The molecule has 1 aromatic heterocycles. The van der Waals surface area contributed by atoms with Crippen molar-refractivity contribution in [2.24, 2.45) is 0 Å². The molecule has 18 heavy (non-hydrogen) atoms. The first-order valence-corrected chi connectivity index (χ1v) is 6.73. The van der Waals surface area contributed by atoms with E-state index in [1.54, 1.807) is 4.90 Å². The predicted molar refractivity (Wildman–Crippen MR) is 67.8 cm³/mol. The van der Waals surface area contributed by atoms with Crippen molar-refractivity contribution in [3.63, 3.8) is 0 Å². The highest BCUT2D eigenvalue weighted by atomic mass is 32.1. The van der Waals surface area contributed by atoms with Crippen LogP contribution >= 0.6 is 11.3 Å². The average molecular weight is 271 g/mol. The lowest BCUT2D eigenvalue weighted by atomic mass is 10.2. The third kappa shape index (κ3) is 3.24. The van der Waals surface area contributed by atoms with Crippen LogP contribution in [0.5, 0.6) is 0 Å². The second-order valence-electron chi connectivity index (χ2n) is 4.18. The van der Waals surface area contributed by atoms with Gasteiger partial charge in [0.15, 0.2) is 0 Å². The molecule has 1 saturated heterocycles. The van der Waals surface area contributed by atoms with Crippen molar-refractivity contribution in [3.8, 4) is 0 Å². The topological polar surface area (TPSA) is 64.5 Å². The first-order valence-electron chi connectivity index (χ1n) is 5.91. The van der Waals surface area contributed by atoms with Gasteiger partial charge in [-0.15, -0.1) is 10.2 Å². The van der Waals surface area contributed by atoms with Crippen molar-refractivity contribution in [1.82, 2.24) is 10.2 Å². The monoisotopic (exact) mass is 271 g/mol. The van der Waals surface area contributed by atoms with E-state index >= 15 is 0 Å². The number of carbonyl (C=O) groups is 1. The van der Waals surface area contributed by atoms with Crippen molar-refractivity contribution >= 4 is 22.4 Å². The van der Waals surface area contributed by atoms with Gasteiger partial charge >= 0.3 is 0 Å². The zero-order valence-electron chi connectivity index (χ0n) is 10.6. The molecule has 1 aromatic rings. The van der Waals surface area contributed by atoms with E-state index < -0.39 is 0 Å². The standard InChI is InChI=1S/C11H17N3O3S/c1-8-12-13-11(18-8)14(10(15)7-16-2)6-9-4-3-5-17-9/h9H,3-7H2,1-2H3/t9-/m1/s1. The van der Waals surface area contributed by atoms with E-state index in [-0.39, 0.29) is 18.6 Å². The van der Waals surface area contributed by atoms with E-state index in [0.717, 1.165) is 24.5 Å². The van der Waals surface area contributed by atoms with Gasteiger partial charge in [0.2, 0.25) is 5.13 Å². The van der Waals surface area contributed by atoms with E-state index in [2.05, 4.69) is 10.2 Å². The van der Waals surface area contributed by atoms with Gasteiger partial charge in [0.1, 0.15) is 11.6 Å². The molecule has 2 rings (SSSR count). The fraction of sp³-hybridized carbons (Fsp3) is 0.727. The van der Waals surface area contributed by atoms with Crippen LogP contribution in [0, 0.1) is 6.92 Å². The Balaban J connectivity index is 2.08. The maximum atomic E-state index is 12.0. The smallest absolute Gasteiger partial charge is 0.254 e. The zero-order chi connectivity index (χ0) is 13.0. The summed E-state index contributed by atoms with van der Waals surface area (Å²) in [6.45, 7) is 3.21. The molecule has 0 aromatic carbocycles. The Morgan fingerprint density at radius 1 is 1.61 bits per heavy atom. The number of ether oxygens (including phenoxy) is 2. The lowest BCUT2D eigenvalue weighted by Crippen LogP contribution is -2.39. The summed E-state index contributed by atoms with van der Waals surface area (Å²) in [6.07, 6.45) is 2.12. The SMILES string of the molecule is COCC(=O)N(C[C@H]1CCCO1)c1nnc(C)s1. The quantitative estimate of drug-likeness (QED) is 0.799. The summed E-state index contributed by atoms with van der Waals surface area (Å²) in [5.74, 6) is -0.107. The van der Waals surface area contributed by atoms with E-state index in [4.69, 9.17) is 9.47 Å². The van der Waals surface area contributed by atoms with E-state index in [1.165, 1.54) is 18.4 Å². The molecule has 1 atom stereocenters. The average Bonchev–Trinajstić information content (AvgIpc) is 2.97. The minimum absolute atomic E-state index is 0.0470. The highest BCUT2D eigenvalue weighted by molar-refractivity contribution is 7.15. The van der Waals surface area contributed by atoms with Gasteiger partial charge in [-0.2, -0.15) is 0 Å². The van der Waals surface area contributed by atoms with Crippen molar-refractivity contribution in [2.75, 3.05) is 31.8 Å². The van der Waals surface area contributed by atoms with E-state index in [9.17, 15) is 4.79 Å². The number of hydrogen-bond donors (Lipinski definition) is 0. The fourth-order valence-electron chi connectivity index (χ4n) is 1.88. The number of aromatic nitrogens is 2. The molecule has 1 fully saturated rings. The maximum absolute atomic E-state index is 12.0. The molecular formula is C11H17N3O3S. The first-order chi connectivity index (χ1) is 8.70. The number of amides is 1. The number of anilines is 1. The Morgan fingerprint density at radius 2 is 2.44 bits per heavy atom. The Labute approximate surface area is 110 Å². The fourth-order valence-corrected chi connectivity index (χ4v) is 2.59. The summed E-state index contributed by atoms with van der Waals surface area (Å²) in [5.41, 5.74) is 0. The van der Waals surface area contributed by atoms with Crippen molar-refractivity contribution in [2.45, 2.75) is 25.9 Å². The summed E-state index contributed by atoms with van der Waals surface area (Å²) < 4.78 is 10.5. The van der Waals surface area contributed by atoms with Gasteiger partial charge in [-0.05, 0) is 19.8 Å². The number of aryl methyl sites for hydroxylation is 1. The summed E-state index contributed by atoms with van der Waals surface area (Å²) in [7, 11) is 1.51. The second kappa shape index (κ2) is 6.21. The minimum atomic E-state index is -0.107. The van der Waals surface area contributed by atoms with Crippen molar-refractivity contribution in [3.05, 3.63) is 5.01 Å². The maximum Gasteiger partial charge on any atom is 0.254 e. The van der Waals surface area contributed by atoms with Crippen LogP contribution in [0.25, 0.3) is 0 Å². The summed E-state index contributed by atoms with van der Waals surface area (Å²) in [4.78, 5) is 13.6. The molecule has 0 radical (unpaired) electrons. The molecule has 100 valence electrons. The van der Waals surface area contributed by atoms with E-state index in [0.29, 0.717) is 11.7 Å². The third-order valence-corrected chi connectivity index (χ3v) is 3.59. The lowest BCUT2D eigenvalue weighted by molar-refractivity contribution is -0.122. The van der Waals surface area contributed by atoms with Gasteiger partial charge in [0, 0.05) is 13.7 Å². The number of carbonyl (C=O) groups excluding carboxylic acids is 1. The van der Waals surface area contributed by atoms with Crippen LogP contribution in [-0.2, 0) is 14.3 Å². The highest BCUT2D eigenvalue weighted by Crippen LogP contribution is 2.22. The van der Waals surface area contributed by atoms with Gasteiger partial charge in [-0.3, -0.25) is 9.69 Å². The Morgan fingerprint density at radius 3 is 3.00 bits per heavy atom. The summed E-state index contributed by atoms with van der Waals surface area (Å²) >= 11 is 1.41. The first kappa shape index (κ1) is 13.4. The minimum Gasteiger partial charge on any atom is -0.376 e. The van der Waals surface area contributed by atoms with Crippen LogP contribution in [0.15, 0.2) is 0 Å². The normalized spacial score (nSPS) is 19.1. The molecular weight excluding hydrogens is 254 g/mol. The van der Waals surface area contributed by atoms with Crippen LogP contribution in [0.4, 0.5) is 5.13 Å². The van der Waals surface area contributed by atoms with Crippen LogP contribution in [0.2, 0.25) is 0 Å². The molecule has 0 unspecified atom stereocenters. The molecule has 1 amide bonds. The van der Waals surface area contributed by atoms with Gasteiger partial charge in [-0.25, -0.2) is 0 Å². The molecule has 1 aliphatic heterocycles. The summed E-state index contributed by atoms with van der Waals surface area (Å²) in [6, 6.07) is 0. The molecule has 7 heteroatoms. The molecule has 0 N–H and O–H groups in total. The van der Waals surface area contributed by atoms with Crippen LogP contribution < -0.4 is 4.90 Å². The van der Waals surface area contributed by atoms with Crippen molar-refractivity contribution < 1.29 is 14.3 Å². The Kier molecular flexibility index (Phi) is 4.62. The van der Waals surface area contributed by atoms with Gasteiger partial charge in [0.05, 0.1) is 12.6 Å². The van der Waals surface area contributed by atoms with Crippen LogP contribution in [0.1, 0.15) is 17.8 Å². The second-order valence-corrected chi connectivity index (χ2v) is 5.34. The number of rotatable bonds is 5. The lowest BCUT2D eigenvalue weighted by Gasteiger charge is -2.22. The molecule has 0 aliphatic carbocycles. The van der Waals surface area contributed by atoms with Gasteiger partial charge in [0.25, 0.3) is 5.91 Å². The largest absolute Gasteiger partial charge is 0.376 e. The molecule has 2 heterocycles. The van der Waals surface area contributed by atoms with E-state index in [1.807, 2.05) is 6.92 Å². The number of methoxy groups -OCH3 is 1. The number of nitrogens with zero attached hydrogens (tertiary/aromatic N) is 3. The molecule has 0 saturated carbocycles. The van der Waals surface area contributed by atoms with Gasteiger partial charge in [-0.1, -0.05) is 11.3 Å². The molecule has 0 spiro atoms. The Hall–Kier alpha value is -1.05. The number of hydrogen-bond acceptors (Lipinski definition) is 6. The van der Waals surface area contributed by atoms with Crippen LogP contribution in [-0.4, -0.2) is 49.1 Å². The molecule has 0 bridgehead atoms. The highest BCUT2D eigenvalue weighted by Gasteiger charge is 2.25. The van der Waals surface area contributed by atoms with Crippen molar-refractivity contribution in [1.29, 1.82) is 0 Å². The molecule has 6 nitrogen and oxygen atoms in total. The summed E-state index contributed by atoms with van der Waals surface area (Å²) in [5, 5.41) is 9.43. The molecule has 1 aliphatic rings. The van der Waals surface area contributed by atoms with Gasteiger partial charge < -0.3 is 9.47 Å². The predicted octanol–water partition coefficient (Wildman–Crippen LogP) is 1.00. The zero-order valence-corrected chi connectivity index (χ0v) is 11.4. The van der Waals surface area contributed by atoms with Crippen LogP contribution in [0.3, 0.4) is 0 Å². The third-order valence-electron chi connectivity index (χ3n) is 2.73. The Bertz CT molecular complexity index is 404.